The number of carbonyl (C=O) groups is 1. The van der Waals surface area contributed by atoms with Gasteiger partial charge in [-0.3, -0.25) is 9.69 Å². The van der Waals surface area contributed by atoms with E-state index in [0.29, 0.717) is 12.3 Å². The first-order chi connectivity index (χ1) is 9.72. The minimum absolute atomic E-state index is 0.320. The molecule has 1 saturated carbocycles. The molecule has 1 amide bonds. The van der Waals surface area contributed by atoms with Crippen molar-refractivity contribution in [2.45, 2.75) is 38.6 Å². The minimum atomic E-state index is 0.320. The van der Waals surface area contributed by atoms with Crippen LogP contribution >= 0.6 is 0 Å². The number of aryl methyl sites for hydroxylation is 2. The van der Waals surface area contributed by atoms with E-state index in [4.69, 9.17) is 0 Å². The molecule has 1 heterocycles. The zero-order chi connectivity index (χ0) is 13.9. The molecule has 108 valence electrons. The fourth-order valence-corrected chi connectivity index (χ4v) is 2.94. The molecule has 0 radical (unpaired) electrons. The lowest BCUT2D eigenvalue weighted by Crippen LogP contribution is -2.49. The van der Waals surface area contributed by atoms with Gasteiger partial charge in [0.2, 0.25) is 5.91 Å². The van der Waals surface area contributed by atoms with Crippen molar-refractivity contribution >= 4 is 5.91 Å². The van der Waals surface area contributed by atoms with Gasteiger partial charge in [0.15, 0.2) is 0 Å². The summed E-state index contributed by atoms with van der Waals surface area (Å²) in [7, 11) is 0. The molecule has 2 aliphatic rings. The number of piperazine rings is 1. The second-order valence-corrected chi connectivity index (χ2v) is 6.13. The minimum Gasteiger partial charge on any atom is -0.340 e. The standard InChI is InChI=1S/C17H24N2O/c1-14-2-4-15(5-3-14)6-9-17(20)19-12-10-18(11-13-19)16-7-8-16/h2-5,16H,6-13H2,1H3. The van der Waals surface area contributed by atoms with Gasteiger partial charge in [-0.25, -0.2) is 0 Å². The average molecular weight is 272 g/mol. The Morgan fingerprint density at radius 1 is 1.10 bits per heavy atom. The maximum Gasteiger partial charge on any atom is 0.222 e. The van der Waals surface area contributed by atoms with E-state index in [1.165, 1.54) is 24.0 Å². The van der Waals surface area contributed by atoms with E-state index < -0.39 is 0 Å². The predicted octanol–water partition coefficient (Wildman–Crippen LogP) is 2.23. The predicted molar refractivity (Wildman–Crippen MR) is 80.7 cm³/mol. The molecule has 0 N–H and O–H groups in total. The summed E-state index contributed by atoms with van der Waals surface area (Å²) in [6.45, 7) is 6.07. The third-order valence-corrected chi connectivity index (χ3v) is 4.48. The van der Waals surface area contributed by atoms with Crippen molar-refractivity contribution in [2.24, 2.45) is 0 Å². The molecule has 1 aliphatic heterocycles. The smallest absolute Gasteiger partial charge is 0.222 e. The van der Waals surface area contributed by atoms with Crippen LogP contribution in [0.1, 0.15) is 30.4 Å². The van der Waals surface area contributed by atoms with Gasteiger partial charge in [0, 0.05) is 38.6 Å². The first-order valence-corrected chi connectivity index (χ1v) is 7.80. The summed E-state index contributed by atoms with van der Waals surface area (Å²) in [5, 5.41) is 0. The highest BCUT2D eigenvalue weighted by atomic mass is 16.2. The van der Waals surface area contributed by atoms with Crippen molar-refractivity contribution in [1.82, 2.24) is 9.80 Å². The van der Waals surface area contributed by atoms with Crippen molar-refractivity contribution in [3.8, 4) is 0 Å². The summed E-state index contributed by atoms with van der Waals surface area (Å²) in [6, 6.07) is 9.34. The Morgan fingerprint density at radius 2 is 1.75 bits per heavy atom. The van der Waals surface area contributed by atoms with Crippen molar-refractivity contribution in [3.05, 3.63) is 35.4 Å². The molecule has 1 aromatic rings. The van der Waals surface area contributed by atoms with Gasteiger partial charge in [-0.05, 0) is 31.7 Å². The van der Waals surface area contributed by atoms with Gasteiger partial charge in [-0.1, -0.05) is 29.8 Å². The Bertz CT molecular complexity index is 456. The molecule has 0 unspecified atom stereocenters. The van der Waals surface area contributed by atoms with E-state index in [9.17, 15) is 4.79 Å². The lowest BCUT2D eigenvalue weighted by Gasteiger charge is -2.34. The van der Waals surface area contributed by atoms with Gasteiger partial charge in [0.25, 0.3) is 0 Å². The zero-order valence-electron chi connectivity index (χ0n) is 12.3. The maximum atomic E-state index is 12.2. The van der Waals surface area contributed by atoms with Crippen LogP contribution in [-0.4, -0.2) is 47.9 Å². The molecule has 3 rings (SSSR count). The molecule has 0 atom stereocenters. The lowest BCUT2D eigenvalue weighted by molar-refractivity contribution is -0.133. The van der Waals surface area contributed by atoms with Gasteiger partial charge < -0.3 is 4.90 Å². The van der Waals surface area contributed by atoms with Crippen molar-refractivity contribution in [3.63, 3.8) is 0 Å². The second kappa shape index (κ2) is 5.96. The molecular weight excluding hydrogens is 248 g/mol. The van der Waals surface area contributed by atoms with Crippen LogP contribution in [0.5, 0.6) is 0 Å². The number of nitrogens with zero attached hydrogens (tertiary/aromatic N) is 2. The molecule has 1 saturated heterocycles. The van der Waals surface area contributed by atoms with Gasteiger partial charge in [0.1, 0.15) is 0 Å². The number of rotatable bonds is 4. The van der Waals surface area contributed by atoms with Crippen molar-refractivity contribution in [2.75, 3.05) is 26.2 Å². The first-order valence-electron chi connectivity index (χ1n) is 7.80. The van der Waals surface area contributed by atoms with E-state index in [0.717, 1.165) is 38.6 Å². The highest BCUT2D eigenvalue weighted by Gasteiger charge is 2.31. The van der Waals surface area contributed by atoms with Crippen LogP contribution in [0.3, 0.4) is 0 Å². The molecule has 1 aromatic carbocycles. The summed E-state index contributed by atoms with van der Waals surface area (Å²) in [6.07, 6.45) is 4.23. The van der Waals surface area contributed by atoms with E-state index in [-0.39, 0.29) is 0 Å². The highest BCUT2D eigenvalue weighted by Crippen LogP contribution is 2.27. The molecule has 1 aliphatic carbocycles. The Balaban J connectivity index is 1.43. The molecule has 2 fully saturated rings. The number of benzene rings is 1. The van der Waals surface area contributed by atoms with Crippen LogP contribution in [-0.2, 0) is 11.2 Å². The molecule has 0 aromatic heterocycles. The Morgan fingerprint density at radius 3 is 2.35 bits per heavy atom. The summed E-state index contributed by atoms with van der Waals surface area (Å²) >= 11 is 0. The van der Waals surface area contributed by atoms with Gasteiger partial charge in [-0.2, -0.15) is 0 Å². The van der Waals surface area contributed by atoms with E-state index in [2.05, 4.69) is 36.1 Å². The molecule has 0 spiro atoms. The van der Waals surface area contributed by atoms with Gasteiger partial charge in [-0.15, -0.1) is 0 Å². The number of hydrogen-bond acceptors (Lipinski definition) is 2. The van der Waals surface area contributed by atoms with E-state index in [1.54, 1.807) is 0 Å². The normalized spacial score (nSPS) is 20.1. The lowest BCUT2D eigenvalue weighted by atomic mass is 10.1. The summed E-state index contributed by atoms with van der Waals surface area (Å²) < 4.78 is 0. The molecule has 20 heavy (non-hydrogen) atoms. The van der Waals surface area contributed by atoms with Gasteiger partial charge in [0.05, 0.1) is 0 Å². The Labute approximate surface area is 121 Å². The molecule has 3 heteroatoms. The van der Waals surface area contributed by atoms with E-state index >= 15 is 0 Å². The fraction of sp³-hybridized carbons (Fsp3) is 0.588. The summed E-state index contributed by atoms with van der Waals surface area (Å²) in [4.78, 5) is 16.8. The van der Waals surface area contributed by atoms with E-state index in [1.807, 2.05) is 4.90 Å². The van der Waals surface area contributed by atoms with Crippen molar-refractivity contribution in [1.29, 1.82) is 0 Å². The third-order valence-electron chi connectivity index (χ3n) is 4.48. The first kappa shape index (κ1) is 13.6. The summed E-state index contributed by atoms with van der Waals surface area (Å²) in [5.41, 5.74) is 2.54. The van der Waals surface area contributed by atoms with Crippen LogP contribution in [0.25, 0.3) is 0 Å². The molecule has 0 bridgehead atoms. The highest BCUT2D eigenvalue weighted by molar-refractivity contribution is 5.76. The average Bonchev–Trinajstić information content (AvgIpc) is 3.31. The molecular formula is C17H24N2O. The van der Waals surface area contributed by atoms with Crippen LogP contribution in [0, 0.1) is 6.92 Å². The monoisotopic (exact) mass is 272 g/mol. The third kappa shape index (κ3) is 3.40. The number of amides is 1. The molecule has 3 nitrogen and oxygen atoms in total. The quantitative estimate of drug-likeness (QED) is 0.839. The number of hydrogen-bond donors (Lipinski definition) is 0. The van der Waals surface area contributed by atoms with Crippen LogP contribution in [0.15, 0.2) is 24.3 Å². The van der Waals surface area contributed by atoms with Crippen LogP contribution < -0.4 is 0 Å². The Hall–Kier alpha value is -1.35. The maximum absolute atomic E-state index is 12.2. The second-order valence-electron chi connectivity index (χ2n) is 6.13. The Kier molecular flexibility index (Phi) is 4.06. The zero-order valence-corrected chi connectivity index (χ0v) is 12.3. The van der Waals surface area contributed by atoms with Crippen LogP contribution in [0.4, 0.5) is 0 Å². The fourth-order valence-electron chi connectivity index (χ4n) is 2.94. The topological polar surface area (TPSA) is 23.6 Å². The number of carbonyl (C=O) groups excluding carboxylic acids is 1. The van der Waals surface area contributed by atoms with Crippen LogP contribution in [0.2, 0.25) is 0 Å². The van der Waals surface area contributed by atoms with Crippen molar-refractivity contribution < 1.29 is 4.79 Å². The van der Waals surface area contributed by atoms with Gasteiger partial charge >= 0.3 is 0 Å². The SMILES string of the molecule is Cc1ccc(CCC(=O)N2CCN(C3CC3)CC2)cc1. The summed E-state index contributed by atoms with van der Waals surface area (Å²) in [5.74, 6) is 0.320. The largest absolute Gasteiger partial charge is 0.340 e.